The molecule has 15 heavy (non-hydrogen) atoms. The average Bonchev–Trinajstić information content (AvgIpc) is 2.64. The van der Waals surface area contributed by atoms with Gasteiger partial charge in [-0.15, -0.1) is 0 Å². The number of carboxylic acids is 1. The SMILES string of the molecule is Cc1cc(C(C)C(=O)O)cc2cc[nH]c12. The number of aromatic nitrogens is 1. The van der Waals surface area contributed by atoms with E-state index in [2.05, 4.69) is 4.98 Å². The Morgan fingerprint density at radius 3 is 2.87 bits per heavy atom. The molecule has 2 N–H and O–H groups in total. The highest BCUT2D eigenvalue weighted by Crippen LogP contribution is 2.24. The molecule has 0 aliphatic heterocycles. The highest BCUT2D eigenvalue weighted by molar-refractivity contribution is 5.85. The van der Waals surface area contributed by atoms with Crippen molar-refractivity contribution >= 4 is 16.9 Å². The molecule has 2 aromatic rings. The lowest BCUT2D eigenvalue weighted by molar-refractivity contribution is -0.138. The molecular weight excluding hydrogens is 190 g/mol. The zero-order valence-electron chi connectivity index (χ0n) is 8.74. The molecule has 0 saturated heterocycles. The number of aliphatic carboxylic acids is 1. The summed E-state index contributed by atoms with van der Waals surface area (Å²) < 4.78 is 0. The van der Waals surface area contributed by atoms with Crippen LogP contribution in [0.1, 0.15) is 24.0 Å². The van der Waals surface area contributed by atoms with Gasteiger partial charge in [0.2, 0.25) is 0 Å². The van der Waals surface area contributed by atoms with Crippen LogP contribution in [0.15, 0.2) is 24.4 Å². The van der Waals surface area contributed by atoms with Crippen LogP contribution in [0.5, 0.6) is 0 Å². The van der Waals surface area contributed by atoms with Crippen LogP contribution in [0.25, 0.3) is 10.9 Å². The lowest BCUT2D eigenvalue weighted by Crippen LogP contribution is -2.07. The maximum absolute atomic E-state index is 10.9. The fourth-order valence-electron chi connectivity index (χ4n) is 1.78. The molecule has 0 aliphatic rings. The van der Waals surface area contributed by atoms with E-state index >= 15 is 0 Å². The number of benzene rings is 1. The van der Waals surface area contributed by atoms with Crippen molar-refractivity contribution < 1.29 is 9.90 Å². The second-order valence-corrected chi connectivity index (χ2v) is 3.84. The topological polar surface area (TPSA) is 53.1 Å². The highest BCUT2D eigenvalue weighted by atomic mass is 16.4. The predicted molar refractivity (Wildman–Crippen MR) is 59.1 cm³/mol. The Hall–Kier alpha value is -1.77. The van der Waals surface area contributed by atoms with Gasteiger partial charge >= 0.3 is 5.97 Å². The molecule has 0 amide bonds. The smallest absolute Gasteiger partial charge is 0.310 e. The summed E-state index contributed by atoms with van der Waals surface area (Å²) in [6, 6.07) is 5.82. The Morgan fingerprint density at radius 1 is 1.47 bits per heavy atom. The summed E-state index contributed by atoms with van der Waals surface area (Å²) in [6.07, 6.45) is 1.87. The Labute approximate surface area is 87.7 Å². The normalized spacial score (nSPS) is 12.9. The molecule has 1 atom stereocenters. The maximum atomic E-state index is 10.9. The second-order valence-electron chi connectivity index (χ2n) is 3.84. The number of carbonyl (C=O) groups is 1. The van der Waals surface area contributed by atoms with Gasteiger partial charge in [0, 0.05) is 11.7 Å². The van der Waals surface area contributed by atoms with E-state index < -0.39 is 11.9 Å². The molecule has 2 rings (SSSR count). The molecule has 0 saturated carbocycles. The monoisotopic (exact) mass is 203 g/mol. The number of aryl methyl sites for hydroxylation is 1. The molecule has 1 heterocycles. The van der Waals surface area contributed by atoms with Crippen molar-refractivity contribution in [1.29, 1.82) is 0 Å². The van der Waals surface area contributed by atoms with Gasteiger partial charge < -0.3 is 10.1 Å². The number of hydrogen-bond acceptors (Lipinski definition) is 1. The minimum absolute atomic E-state index is 0.456. The van der Waals surface area contributed by atoms with E-state index in [0.29, 0.717) is 0 Å². The first-order valence-electron chi connectivity index (χ1n) is 4.90. The van der Waals surface area contributed by atoms with Crippen molar-refractivity contribution in [3.63, 3.8) is 0 Å². The Kier molecular flexibility index (Phi) is 2.23. The first-order chi connectivity index (χ1) is 7.09. The van der Waals surface area contributed by atoms with Gasteiger partial charge in [-0.05, 0) is 42.5 Å². The van der Waals surface area contributed by atoms with Crippen LogP contribution in [0.3, 0.4) is 0 Å². The molecule has 0 fully saturated rings. The third kappa shape index (κ3) is 1.61. The van der Waals surface area contributed by atoms with Crippen LogP contribution < -0.4 is 0 Å². The van der Waals surface area contributed by atoms with Crippen LogP contribution in [0, 0.1) is 6.92 Å². The van der Waals surface area contributed by atoms with E-state index in [-0.39, 0.29) is 0 Å². The van der Waals surface area contributed by atoms with E-state index in [1.54, 1.807) is 6.92 Å². The number of fused-ring (bicyclic) bond motifs is 1. The first kappa shape index (κ1) is 9.77. The lowest BCUT2D eigenvalue weighted by Gasteiger charge is -2.08. The quantitative estimate of drug-likeness (QED) is 0.788. The predicted octanol–water partition coefficient (Wildman–Crippen LogP) is 2.66. The number of rotatable bonds is 2. The summed E-state index contributed by atoms with van der Waals surface area (Å²) >= 11 is 0. The lowest BCUT2D eigenvalue weighted by atomic mass is 9.97. The molecular formula is C12H13NO2. The Morgan fingerprint density at radius 2 is 2.20 bits per heavy atom. The number of aromatic amines is 1. The van der Waals surface area contributed by atoms with Crippen molar-refractivity contribution in [3.05, 3.63) is 35.5 Å². The molecule has 0 radical (unpaired) electrons. The second kappa shape index (κ2) is 3.42. The van der Waals surface area contributed by atoms with Crippen LogP contribution in [0.4, 0.5) is 0 Å². The van der Waals surface area contributed by atoms with Gasteiger partial charge in [-0.2, -0.15) is 0 Å². The molecule has 1 aromatic carbocycles. The fourth-order valence-corrected chi connectivity index (χ4v) is 1.78. The number of H-pyrrole nitrogens is 1. The van der Waals surface area contributed by atoms with Gasteiger partial charge in [-0.25, -0.2) is 0 Å². The summed E-state index contributed by atoms with van der Waals surface area (Å²) in [5.41, 5.74) is 3.02. The van der Waals surface area contributed by atoms with Gasteiger partial charge in [0.25, 0.3) is 0 Å². The Bertz CT molecular complexity index is 513. The van der Waals surface area contributed by atoms with Gasteiger partial charge in [0.1, 0.15) is 0 Å². The molecule has 3 heteroatoms. The zero-order valence-corrected chi connectivity index (χ0v) is 8.74. The summed E-state index contributed by atoms with van der Waals surface area (Å²) in [7, 11) is 0. The van der Waals surface area contributed by atoms with Gasteiger partial charge in [0.15, 0.2) is 0 Å². The van der Waals surface area contributed by atoms with Crippen LogP contribution >= 0.6 is 0 Å². The minimum atomic E-state index is -0.788. The fraction of sp³-hybridized carbons (Fsp3) is 0.250. The molecule has 0 aliphatic carbocycles. The third-order valence-corrected chi connectivity index (χ3v) is 2.75. The first-order valence-corrected chi connectivity index (χ1v) is 4.90. The summed E-state index contributed by atoms with van der Waals surface area (Å²) in [5.74, 6) is -1.24. The van der Waals surface area contributed by atoms with E-state index in [1.165, 1.54) is 0 Å². The summed E-state index contributed by atoms with van der Waals surface area (Å²) in [4.78, 5) is 14.0. The van der Waals surface area contributed by atoms with E-state index in [1.807, 2.05) is 31.3 Å². The molecule has 0 bridgehead atoms. The van der Waals surface area contributed by atoms with Crippen LogP contribution in [-0.2, 0) is 4.79 Å². The molecule has 0 spiro atoms. The number of hydrogen-bond donors (Lipinski definition) is 2. The largest absolute Gasteiger partial charge is 0.481 e. The van der Waals surface area contributed by atoms with Crippen molar-refractivity contribution in [2.75, 3.05) is 0 Å². The maximum Gasteiger partial charge on any atom is 0.310 e. The van der Waals surface area contributed by atoms with E-state index in [4.69, 9.17) is 5.11 Å². The van der Waals surface area contributed by atoms with Crippen molar-refractivity contribution in [1.82, 2.24) is 4.98 Å². The van der Waals surface area contributed by atoms with Gasteiger partial charge in [0.05, 0.1) is 5.92 Å². The molecule has 1 unspecified atom stereocenters. The van der Waals surface area contributed by atoms with Crippen molar-refractivity contribution in [3.8, 4) is 0 Å². The Balaban J connectivity index is 2.58. The number of carboxylic acid groups (broad SMARTS) is 1. The van der Waals surface area contributed by atoms with E-state index in [0.717, 1.165) is 22.0 Å². The average molecular weight is 203 g/mol. The third-order valence-electron chi connectivity index (χ3n) is 2.75. The molecule has 3 nitrogen and oxygen atoms in total. The van der Waals surface area contributed by atoms with Gasteiger partial charge in [-0.1, -0.05) is 6.07 Å². The summed E-state index contributed by atoms with van der Waals surface area (Å²) in [5, 5.41) is 10.0. The van der Waals surface area contributed by atoms with Crippen molar-refractivity contribution in [2.45, 2.75) is 19.8 Å². The molecule has 78 valence electrons. The van der Waals surface area contributed by atoms with Crippen molar-refractivity contribution in [2.24, 2.45) is 0 Å². The number of nitrogens with one attached hydrogen (secondary N) is 1. The van der Waals surface area contributed by atoms with E-state index in [9.17, 15) is 4.79 Å². The minimum Gasteiger partial charge on any atom is -0.481 e. The van der Waals surface area contributed by atoms with Crippen LogP contribution in [-0.4, -0.2) is 16.1 Å². The standard InChI is InChI=1S/C12H13NO2/c1-7-5-10(8(2)12(14)15)6-9-3-4-13-11(7)9/h3-6,8,13H,1-2H3,(H,14,15). The van der Waals surface area contributed by atoms with Gasteiger partial charge in [-0.3, -0.25) is 4.79 Å². The highest BCUT2D eigenvalue weighted by Gasteiger charge is 2.14. The molecule has 1 aromatic heterocycles. The summed E-state index contributed by atoms with van der Waals surface area (Å²) in [6.45, 7) is 3.69. The zero-order chi connectivity index (χ0) is 11.0. The van der Waals surface area contributed by atoms with Crippen LogP contribution in [0.2, 0.25) is 0 Å².